The zero-order valence-electron chi connectivity index (χ0n) is 15.6. The van der Waals surface area contributed by atoms with Crippen LogP contribution >= 0.6 is 11.6 Å². The van der Waals surface area contributed by atoms with Crippen LogP contribution in [-0.4, -0.2) is 42.3 Å². The van der Waals surface area contributed by atoms with Crippen LogP contribution in [0.1, 0.15) is 22.7 Å². The van der Waals surface area contributed by atoms with Gasteiger partial charge in [-0.1, -0.05) is 78.3 Å². The molecule has 140 valence electrons. The lowest BCUT2D eigenvalue weighted by molar-refractivity contribution is 0.114. The molecule has 3 aromatic carbocycles. The van der Waals surface area contributed by atoms with Gasteiger partial charge in [0.15, 0.2) is 0 Å². The SMILES string of the molecule is Clc1ccccc1/C=N\N1CCN(C2c3ccccc3-c3ccccc32)CC1. The van der Waals surface area contributed by atoms with E-state index in [1.54, 1.807) is 0 Å². The average Bonchev–Trinajstić information content (AvgIpc) is 3.08. The van der Waals surface area contributed by atoms with Gasteiger partial charge in [-0.25, -0.2) is 0 Å². The lowest BCUT2D eigenvalue weighted by Crippen LogP contribution is -2.45. The topological polar surface area (TPSA) is 18.8 Å². The predicted octanol–water partition coefficient (Wildman–Crippen LogP) is 5.06. The van der Waals surface area contributed by atoms with Crippen molar-refractivity contribution in [1.29, 1.82) is 0 Å². The monoisotopic (exact) mass is 387 g/mol. The molecule has 28 heavy (non-hydrogen) atoms. The predicted molar refractivity (Wildman–Crippen MR) is 116 cm³/mol. The molecule has 4 heteroatoms. The van der Waals surface area contributed by atoms with Gasteiger partial charge in [0.1, 0.15) is 0 Å². The highest BCUT2D eigenvalue weighted by atomic mass is 35.5. The molecule has 0 spiro atoms. The second-order valence-corrected chi connectivity index (χ2v) is 7.74. The summed E-state index contributed by atoms with van der Waals surface area (Å²) in [5, 5.41) is 7.55. The number of hydrazone groups is 1. The van der Waals surface area contributed by atoms with E-state index >= 15 is 0 Å². The van der Waals surface area contributed by atoms with Crippen molar-refractivity contribution in [3.63, 3.8) is 0 Å². The summed E-state index contributed by atoms with van der Waals surface area (Å²) in [4.78, 5) is 2.59. The Hall–Kier alpha value is -2.62. The third-order valence-corrected chi connectivity index (χ3v) is 6.07. The van der Waals surface area contributed by atoms with Crippen molar-refractivity contribution in [2.45, 2.75) is 6.04 Å². The van der Waals surface area contributed by atoms with Crippen molar-refractivity contribution in [3.05, 3.63) is 94.5 Å². The van der Waals surface area contributed by atoms with Crippen LogP contribution in [0, 0.1) is 0 Å². The summed E-state index contributed by atoms with van der Waals surface area (Å²) in [5.41, 5.74) is 6.57. The Morgan fingerprint density at radius 1 is 0.750 bits per heavy atom. The van der Waals surface area contributed by atoms with E-state index in [4.69, 9.17) is 11.6 Å². The molecule has 0 N–H and O–H groups in total. The Morgan fingerprint density at radius 3 is 1.96 bits per heavy atom. The van der Waals surface area contributed by atoms with Crippen LogP contribution in [0.5, 0.6) is 0 Å². The highest BCUT2D eigenvalue weighted by Crippen LogP contribution is 2.46. The lowest BCUT2D eigenvalue weighted by atomic mass is 10.0. The van der Waals surface area contributed by atoms with Gasteiger partial charge in [-0.2, -0.15) is 5.10 Å². The molecule has 1 aliphatic carbocycles. The fourth-order valence-electron chi connectivity index (χ4n) is 4.33. The minimum Gasteiger partial charge on any atom is -0.294 e. The summed E-state index contributed by atoms with van der Waals surface area (Å²) in [6, 6.07) is 25.8. The number of fused-ring (bicyclic) bond motifs is 3. The smallest absolute Gasteiger partial charge is 0.0615 e. The first-order chi connectivity index (χ1) is 13.8. The molecule has 0 aromatic heterocycles. The van der Waals surface area contributed by atoms with Crippen LogP contribution < -0.4 is 0 Å². The van der Waals surface area contributed by atoms with E-state index in [1.165, 1.54) is 22.3 Å². The van der Waals surface area contributed by atoms with Gasteiger partial charge in [0.05, 0.1) is 12.3 Å². The number of piperazine rings is 1. The molecular weight excluding hydrogens is 366 g/mol. The third-order valence-electron chi connectivity index (χ3n) is 5.72. The van der Waals surface area contributed by atoms with E-state index in [2.05, 4.69) is 63.5 Å². The zero-order valence-corrected chi connectivity index (χ0v) is 16.4. The van der Waals surface area contributed by atoms with Gasteiger partial charge in [-0.3, -0.25) is 9.91 Å². The summed E-state index contributed by atoms with van der Waals surface area (Å²) < 4.78 is 0. The van der Waals surface area contributed by atoms with E-state index in [0.717, 1.165) is 36.8 Å². The molecule has 1 aliphatic heterocycles. The third kappa shape index (κ3) is 3.11. The Kier molecular flexibility index (Phi) is 4.63. The van der Waals surface area contributed by atoms with Crippen molar-refractivity contribution >= 4 is 17.8 Å². The fourth-order valence-corrected chi connectivity index (χ4v) is 4.52. The van der Waals surface area contributed by atoms with Crippen molar-refractivity contribution in [2.75, 3.05) is 26.2 Å². The second kappa shape index (κ2) is 7.42. The maximum absolute atomic E-state index is 6.23. The first kappa shape index (κ1) is 17.5. The van der Waals surface area contributed by atoms with Crippen molar-refractivity contribution in [3.8, 4) is 11.1 Å². The molecule has 3 nitrogen and oxygen atoms in total. The van der Waals surface area contributed by atoms with Crippen LogP contribution in [0.15, 0.2) is 77.9 Å². The molecule has 3 aromatic rings. The molecule has 0 bridgehead atoms. The maximum atomic E-state index is 6.23. The van der Waals surface area contributed by atoms with Gasteiger partial charge < -0.3 is 0 Å². The summed E-state index contributed by atoms with van der Waals surface area (Å²) in [5.74, 6) is 0. The largest absolute Gasteiger partial charge is 0.294 e. The molecule has 0 unspecified atom stereocenters. The molecular formula is C24H22ClN3. The van der Waals surface area contributed by atoms with Crippen LogP contribution in [0.25, 0.3) is 11.1 Å². The Morgan fingerprint density at radius 2 is 1.32 bits per heavy atom. The zero-order chi connectivity index (χ0) is 18.9. The summed E-state index contributed by atoms with van der Waals surface area (Å²) in [6.45, 7) is 3.82. The van der Waals surface area contributed by atoms with Crippen LogP contribution in [-0.2, 0) is 0 Å². The fraction of sp³-hybridized carbons (Fsp3) is 0.208. The molecule has 1 fully saturated rings. The van der Waals surface area contributed by atoms with Crippen LogP contribution in [0.2, 0.25) is 5.02 Å². The average molecular weight is 388 g/mol. The van der Waals surface area contributed by atoms with E-state index in [1.807, 2.05) is 30.5 Å². The second-order valence-electron chi connectivity index (χ2n) is 7.33. The molecule has 0 saturated carbocycles. The first-order valence-corrected chi connectivity index (χ1v) is 10.1. The summed E-state index contributed by atoms with van der Waals surface area (Å²) in [6.07, 6.45) is 1.87. The normalized spacial score (nSPS) is 17.1. The van der Waals surface area contributed by atoms with Crippen molar-refractivity contribution in [2.24, 2.45) is 5.10 Å². The van der Waals surface area contributed by atoms with Gasteiger partial charge in [0.2, 0.25) is 0 Å². The molecule has 2 aliphatic rings. The van der Waals surface area contributed by atoms with E-state index < -0.39 is 0 Å². The molecule has 0 atom stereocenters. The number of rotatable bonds is 3. The summed E-state index contributed by atoms with van der Waals surface area (Å²) >= 11 is 6.23. The van der Waals surface area contributed by atoms with Crippen molar-refractivity contribution in [1.82, 2.24) is 9.91 Å². The molecule has 0 amide bonds. The van der Waals surface area contributed by atoms with Crippen molar-refractivity contribution < 1.29 is 0 Å². The van der Waals surface area contributed by atoms with Crippen LogP contribution in [0.3, 0.4) is 0 Å². The van der Waals surface area contributed by atoms with E-state index in [-0.39, 0.29) is 0 Å². The molecule has 5 rings (SSSR count). The highest BCUT2D eigenvalue weighted by molar-refractivity contribution is 6.33. The number of benzene rings is 3. The van der Waals surface area contributed by atoms with E-state index in [9.17, 15) is 0 Å². The standard InChI is InChI=1S/C24H22ClN3/c25-23-12-6-1-7-18(23)17-26-28-15-13-27(14-16-28)24-21-10-4-2-8-19(21)20-9-3-5-11-22(20)24/h1-12,17,24H,13-16H2/b26-17-. The number of nitrogens with zero attached hydrogens (tertiary/aromatic N) is 3. The lowest BCUT2D eigenvalue weighted by Gasteiger charge is -2.37. The maximum Gasteiger partial charge on any atom is 0.0615 e. The number of hydrogen-bond acceptors (Lipinski definition) is 3. The van der Waals surface area contributed by atoms with Gasteiger partial charge in [-0.15, -0.1) is 0 Å². The van der Waals surface area contributed by atoms with Gasteiger partial charge in [0.25, 0.3) is 0 Å². The quantitative estimate of drug-likeness (QED) is 0.585. The van der Waals surface area contributed by atoms with Gasteiger partial charge >= 0.3 is 0 Å². The van der Waals surface area contributed by atoms with Gasteiger partial charge in [-0.05, 0) is 28.3 Å². The Balaban J connectivity index is 1.33. The molecule has 1 saturated heterocycles. The highest BCUT2D eigenvalue weighted by Gasteiger charge is 2.33. The first-order valence-electron chi connectivity index (χ1n) is 9.77. The number of hydrogen-bond donors (Lipinski definition) is 0. The van der Waals surface area contributed by atoms with E-state index in [0.29, 0.717) is 6.04 Å². The Labute approximate surface area is 170 Å². The van der Waals surface area contributed by atoms with Crippen LogP contribution in [0.4, 0.5) is 0 Å². The summed E-state index contributed by atoms with van der Waals surface area (Å²) in [7, 11) is 0. The minimum atomic E-state index is 0.349. The number of halogens is 1. The Bertz CT molecular complexity index is 976. The molecule has 0 radical (unpaired) electrons. The minimum absolute atomic E-state index is 0.349. The molecule has 1 heterocycles. The van der Waals surface area contributed by atoms with Gasteiger partial charge in [0, 0.05) is 36.8 Å².